The zero-order chi connectivity index (χ0) is 9.72. The third kappa shape index (κ3) is 3.86. The van der Waals surface area contributed by atoms with Crippen LogP contribution in [0.25, 0.3) is 0 Å². The van der Waals surface area contributed by atoms with Crippen molar-refractivity contribution < 1.29 is 0 Å². The van der Waals surface area contributed by atoms with Gasteiger partial charge in [0.2, 0.25) is 0 Å². The molecule has 0 saturated heterocycles. The van der Waals surface area contributed by atoms with Gasteiger partial charge in [0.1, 0.15) is 0 Å². The summed E-state index contributed by atoms with van der Waals surface area (Å²) >= 11 is 0. The molecule has 68 valence electrons. The largest absolute Gasteiger partial charge is 0.378 e. The van der Waals surface area contributed by atoms with Gasteiger partial charge in [-0.3, -0.25) is 0 Å². The third-order valence-electron chi connectivity index (χ3n) is 1.62. The fourth-order valence-corrected chi connectivity index (χ4v) is 0.491. The highest BCUT2D eigenvalue weighted by Crippen LogP contribution is 2.01. The molecular weight excluding hydrogens is 148 g/mol. The van der Waals surface area contributed by atoms with Gasteiger partial charge in [-0.25, -0.2) is 0 Å². The maximum Gasteiger partial charge on any atom is 0.0288 e. The first-order chi connectivity index (χ1) is 5.45. The summed E-state index contributed by atoms with van der Waals surface area (Å²) in [4.78, 5) is 3.92. The lowest BCUT2D eigenvalue weighted by Gasteiger charge is -2.14. The Kier molecular flexibility index (Phi) is 4.19. The van der Waals surface area contributed by atoms with Crippen LogP contribution in [-0.4, -0.2) is 38.0 Å². The fraction of sp³-hybridized carbons (Fsp3) is 0.400. The van der Waals surface area contributed by atoms with Crippen LogP contribution in [-0.2, 0) is 0 Å². The molecule has 0 amide bonds. The molecule has 12 heavy (non-hydrogen) atoms. The minimum atomic E-state index is 0.970. The molecule has 0 unspecified atom stereocenters. The van der Waals surface area contributed by atoms with Crippen molar-refractivity contribution in [2.75, 3.05) is 28.2 Å². The van der Waals surface area contributed by atoms with Gasteiger partial charge in [0, 0.05) is 39.6 Å². The smallest absolute Gasteiger partial charge is 0.0288 e. The minimum Gasteiger partial charge on any atom is -0.378 e. The maximum atomic E-state index is 3.86. The molecule has 2 nitrogen and oxygen atoms in total. The molecule has 0 saturated carbocycles. The van der Waals surface area contributed by atoms with Crippen molar-refractivity contribution in [3.05, 3.63) is 36.7 Å². The molecule has 0 heterocycles. The van der Waals surface area contributed by atoms with Crippen molar-refractivity contribution in [2.45, 2.75) is 0 Å². The van der Waals surface area contributed by atoms with Crippen molar-refractivity contribution in [1.82, 2.24) is 9.80 Å². The van der Waals surface area contributed by atoms with Gasteiger partial charge < -0.3 is 9.80 Å². The molecule has 0 aromatic carbocycles. The summed E-state index contributed by atoms with van der Waals surface area (Å²) in [6.07, 6.45) is 3.89. The topological polar surface area (TPSA) is 6.48 Å². The standard InChI is InChI=1S/C10H18N2/c1-9(11(3)4)7-8-10(2)12(5)6/h7-8H,1-2H2,3-6H3/b8-7-. The maximum absolute atomic E-state index is 3.86. The summed E-state index contributed by atoms with van der Waals surface area (Å²) in [5, 5.41) is 0. The van der Waals surface area contributed by atoms with Crippen LogP contribution in [0.1, 0.15) is 0 Å². The van der Waals surface area contributed by atoms with E-state index in [4.69, 9.17) is 0 Å². The van der Waals surface area contributed by atoms with E-state index in [-0.39, 0.29) is 0 Å². The van der Waals surface area contributed by atoms with Crippen molar-refractivity contribution in [2.24, 2.45) is 0 Å². The number of allylic oxidation sites excluding steroid dienone is 2. The van der Waals surface area contributed by atoms with Crippen LogP contribution < -0.4 is 0 Å². The Morgan fingerprint density at radius 2 is 1.08 bits per heavy atom. The molecule has 0 rings (SSSR count). The molecule has 0 aliphatic rings. The highest BCUT2D eigenvalue weighted by atomic mass is 15.1. The van der Waals surface area contributed by atoms with Gasteiger partial charge in [-0.1, -0.05) is 13.2 Å². The molecule has 0 aromatic rings. The van der Waals surface area contributed by atoms with Crippen LogP contribution in [0.2, 0.25) is 0 Å². The van der Waals surface area contributed by atoms with E-state index in [1.807, 2.05) is 50.1 Å². The lowest BCUT2D eigenvalue weighted by atomic mass is 10.3. The lowest BCUT2D eigenvalue weighted by molar-refractivity contribution is 0.524. The predicted molar refractivity (Wildman–Crippen MR) is 54.8 cm³/mol. The summed E-state index contributed by atoms with van der Waals surface area (Å²) in [7, 11) is 7.85. The Balaban J connectivity index is 4.08. The van der Waals surface area contributed by atoms with E-state index in [1.165, 1.54) is 0 Å². The molecule has 0 aromatic heterocycles. The normalized spacial score (nSPS) is 10.0. The zero-order valence-corrected chi connectivity index (χ0v) is 8.46. The Morgan fingerprint density at radius 3 is 1.25 bits per heavy atom. The molecule has 0 radical (unpaired) electrons. The van der Waals surface area contributed by atoms with Crippen molar-refractivity contribution in [3.63, 3.8) is 0 Å². The number of nitrogens with zero attached hydrogens (tertiary/aromatic N) is 2. The first kappa shape index (κ1) is 10.8. The van der Waals surface area contributed by atoms with Crippen molar-refractivity contribution in [3.8, 4) is 0 Å². The Hall–Kier alpha value is -1.18. The van der Waals surface area contributed by atoms with Gasteiger partial charge in [0.25, 0.3) is 0 Å². The molecule has 0 N–H and O–H groups in total. The summed E-state index contributed by atoms with van der Waals surface area (Å²) in [5.74, 6) is 0. The van der Waals surface area contributed by atoms with Gasteiger partial charge in [0.05, 0.1) is 0 Å². The lowest BCUT2D eigenvalue weighted by Crippen LogP contribution is -2.10. The van der Waals surface area contributed by atoms with Gasteiger partial charge in [0.15, 0.2) is 0 Å². The number of hydrogen-bond acceptors (Lipinski definition) is 2. The number of hydrogen-bond donors (Lipinski definition) is 0. The Labute approximate surface area is 75.5 Å². The average Bonchev–Trinajstić information content (AvgIpc) is 1.98. The van der Waals surface area contributed by atoms with Gasteiger partial charge >= 0.3 is 0 Å². The SMILES string of the molecule is C=C(/C=C\C(=C)N(C)C)N(C)C. The second kappa shape index (κ2) is 4.65. The van der Waals surface area contributed by atoms with E-state index in [0.717, 1.165) is 11.4 Å². The molecule has 0 aliphatic carbocycles. The number of rotatable bonds is 4. The van der Waals surface area contributed by atoms with E-state index in [1.54, 1.807) is 0 Å². The van der Waals surface area contributed by atoms with Crippen molar-refractivity contribution in [1.29, 1.82) is 0 Å². The summed E-state index contributed by atoms with van der Waals surface area (Å²) in [6.45, 7) is 7.73. The first-order valence-electron chi connectivity index (χ1n) is 3.85. The van der Waals surface area contributed by atoms with Crippen molar-refractivity contribution >= 4 is 0 Å². The summed E-state index contributed by atoms with van der Waals surface area (Å²) < 4.78 is 0. The summed E-state index contributed by atoms with van der Waals surface area (Å²) in [6, 6.07) is 0. The van der Waals surface area contributed by atoms with Crippen LogP contribution in [0, 0.1) is 0 Å². The molecule has 0 spiro atoms. The second-order valence-electron chi connectivity index (χ2n) is 3.10. The average molecular weight is 166 g/mol. The van der Waals surface area contributed by atoms with Crippen LogP contribution >= 0.6 is 0 Å². The van der Waals surface area contributed by atoms with Crippen LogP contribution in [0.5, 0.6) is 0 Å². The zero-order valence-electron chi connectivity index (χ0n) is 8.46. The Bertz CT molecular complexity index is 178. The quantitative estimate of drug-likeness (QED) is 0.586. The van der Waals surface area contributed by atoms with E-state index in [0.29, 0.717) is 0 Å². The van der Waals surface area contributed by atoms with Crippen LogP contribution in [0.4, 0.5) is 0 Å². The Morgan fingerprint density at radius 1 is 0.833 bits per heavy atom. The van der Waals surface area contributed by atoms with Crippen LogP contribution in [0.3, 0.4) is 0 Å². The molecule has 0 aliphatic heterocycles. The highest BCUT2D eigenvalue weighted by molar-refractivity contribution is 5.21. The predicted octanol–water partition coefficient (Wildman–Crippen LogP) is 1.69. The van der Waals surface area contributed by atoms with Gasteiger partial charge in [-0.15, -0.1) is 0 Å². The number of likely N-dealkylation sites (N-methyl/N-ethyl adjacent to an activating group) is 2. The fourth-order valence-electron chi connectivity index (χ4n) is 0.491. The molecule has 0 bridgehead atoms. The first-order valence-corrected chi connectivity index (χ1v) is 3.85. The molecular formula is C10H18N2. The molecule has 0 fully saturated rings. The van der Waals surface area contributed by atoms with E-state index in [9.17, 15) is 0 Å². The van der Waals surface area contributed by atoms with Gasteiger partial charge in [-0.2, -0.15) is 0 Å². The van der Waals surface area contributed by atoms with E-state index in [2.05, 4.69) is 13.2 Å². The van der Waals surface area contributed by atoms with E-state index < -0.39 is 0 Å². The highest BCUT2D eigenvalue weighted by Gasteiger charge is 1.91. The van der Waals surface area contributed by atoms with Crippen LogP contribution in [0.15, 0.2) is 36.7 Å². The second-order valence-corrected chi connectivity index (χ2v) is 3.10. The third-order valence-corrected chi connectivity index (χ3v) is 1.62. The monoisotopic (exact) mass is 166 g/mol. The van der Waals surface area contributed by atoms with E-state index >= 15 is 0 Å². The minimum absolute atomic E-state index is 0.970. The summed E-state index contributed by atoms with van der Waals surface area (Å²) in [5.41, 5.74) is 1.94. The van der Waals surface area contributed by atoms with Gasteiger partial charge in [-0.05, 0) is 12.2 Å². The molecule has 0 atom stereocenters. The molecule has 2 heteroatoms.